The van der Waals surface area contributed by atoms with E-state index in [1.54, 1.807) is 24.3 Å². The van der Waals surface area contributed by atoms with Gasteiger partial charge in [0.25, 0.3) is 5.91 Å². The largest absolute Gasteiger partial charge is 0.484 e. The lowest BCUT2D eigenvalue weighted by atomic mass is 10.0. The molecule has 0 unspecified atom stereocenters. The normalized spacial score (nSPS) is 11.6. The molecule has 35 heavy (non-hydrogen) atoms. The first-order valence-corrected chi connectivity index (χ1v) is 12.8. The van der Waals surface area contributed by atoms with Crippen LogP contribution in [0.15, 0.2) is 71.2 Å². The monoisotopic (exact) mass is 576 g/mol. The highest BCUT2D eigenvalue weighted by Gasteiger charge is 2.31. The summed E-state index contributed by atoms with van der Waals surface area (Å²) < 4.78 is 6.77. The molecule has 0 heterocycles. The van der Waals surface area contributed by atoms with Crippen LogP contribution in [0.25, 0.3) is 0 Å². The number of amides is 2. The van der Waals surface area contributed by atoms with Crippen molar-refractivity contribution < 1.29 is 14.3 Å². The van der Waals surface area contributed by atoms with Gasteiger partial charge in [-0.05, 0) is 60.9 Å². The van der Waals surface area contributed by atoms with Crippen molar-refractivity contribution in [2.24, 2.45) is 0 Å². The lowest BCUT2D eigenvalue weighted by Crippen LogP contribution is -2.51. The predicted octanol–water partition coefficient (Wildman–Crippen LogP) is 6.22. The van der Waals surface area contributed by atoms with Crippen LogP contribution in [-0.4, -0.2) is 35.9 Å². The van der Waals surface area contributed by atoms with Gasteiger partial charge in [0.15, 0.2) is 6.61 Å². The van der Waals surface area contributed by atoms with E-state index in [4.69, 9.17) is 27.9 Å². The van der Waals surface area contributed by atoms with Gasteiger partial charge in [0.05, 0.1) is 0 Å². The van der Waals surface area contributed by atoms with Crippen molar-refractivity contribution in [1.29, 1.82) is 0 Å². The molecule has 0 aliphatic rings. The fraction of sp³-hybridized carbons (Fsp3) is 0.259. The maximum Gasteiger partial charge on any atom is 0.261 e. The number of likely N-dealkylation sites (N-methyl/N-ethyl adjacent to an activating group) is 1. The Labute approximate surface area is 224 Å². The van der Waals surface area contributed by atoms with E-state index in [0.717, 1.165) is 15.6 Å². The molecule has 0 aromatic heterocycles. The lowest BCUT2D eigenvalue weighted by molar-refractivity contribution is -0.142. The molecule has 3 rings (SSSR count). The SMILES string of the molecule is CCNC(=O)[C@@H](Cc1ccccc1)N(Cc1ccc(Cl)cc1Cl)C(=O)COc1ccc(Br)c(C)c1. The van der Waals surface area contributed by atoms with E-state index >= 15 is 0 Å². The maximum atomic E-state index is 13.5. The summed E-state index contributed by atoms with van der Waals surface area (Å²) in [5, 5.41) is 3.79. The highest BCUT2D eigenvalue weighted by molar-refractivity contribution is 9.10. The van der Waals surface area contributed by atoms with E-state index in [-0.39, 0.29) is 25.0 Å². The number of hydrogen-bond acceptors (Lipinski definition) is 3. The Hall–Kier alpha value is -2.54. The van der Waals surface area contributed by atoms with E-state index in [0.29, 0.717) is 34.3 Å². The highest BCUT2D eigenvalue weighted by atomic mass is 79.9. The smallest absolute Gasteiger partial charge is 0.261 e. The van der Waals surface area contributed by atoms with Gasteiger partial charge in [-0.1, -0.05) is 75.5 Å². The molecule has 0 saturated heterocycles. The molecule has 3 aromatic rings. The molecule has 0 radical (unpaired) electrons. The number of nitrogens with one attached hydrogen (secondary N) is 1. The van der Waals surface area contributed by atoms with E-state index < -0.39 is 6.04 Å². The summed E-state index contributed by atoms with van der Waals surface area (Å²) in [4.78, 5) is 28.2. The molecule has 0 aliphatic heterocycles. The van der Waals surface area contributed by atoms with Crippen molar-refractivity contribution in [2.75, 3.05) is 13.2 Å². The third-order valence-corrected chi connectivity index (χ3v) is 6.95. The molecule has 1 atom stereocenters. The Morgan fingerprint density at radius 1 is 1.06 bits per heavy atom. The fourth-order valence-electron chi connectivity index (χ4n) is 3.61. The topological polar surface area (TPSA) is 58.6 Å². The van der Waals surface area contributed by atoms with Crippen molar-refractivity contribution in [1.82, 2.24) is 10.2 Å². The zero-order valence-corrected chi connectivity index (χ0v) is 22.7. The molecular weight excluding hydrogens is 551 g/mol. The first-order valence-electron chi connectivity index (χ1n) is 11.2. The average Bonchev–Trinajstić information content (AvgIpc) is 2.84. The molecule has 184 valence electrons. The quantitative estimate of drug-likeness (QED) is 0.311. The van der Waals surface area contributed by atoms with E-state index in [9.17, 15) is 9.59 Å². The molecule has 2 amide bonds. The molecular formula is C27H27BrCl2N2O3. The van der Waals surface area contributed by atoms with Crippen LogP contribution < -0.4 is 10.1 Å². The number of carbonyl (C=O) groups excluding carboxylic acids is 2. The second kappa shape index (κ2) is 13.0. The van der Waals surface area contributed by atoms with Crippen LogP contribution in [0.1, 0.15) is 23.6 Å². The number of nitrogens with zero attached hydrogens (tertiary/aromatic N) is 1. The van der Waals surface area contributed by atoms with Crippen LogP contribution in [0, 0.1) is 6.92 Å². The molecule has 3 aromatic carbocycles. The Morgan fingerprint density at radius 2 is 1.80 bits per heavy atom. The number of hydrogen-bond donors (Lipinski definition) is 1. The maximum absolute atomic E-state index is 13.5. The molecule has 0 aliphatic carbocycles. The summed E-state index contributed by atoms with van der Waals surface area (Å²) in [6.07, 6.45) is 0.348. The van der Waals surface area contributed by atoms with Crippen molar-refractivity contribution in [2.45, 2.75) is 32.9 Å². The molecule has 8 heteroatoms. The highest BCUT2D eigenvalue weighted by Crippen LogP contribution is 2.25. The minimum absolute atomic E-state index is 0.131. The summed E-state index contributed by atoms with van der Waals surface area (Å²) in [6, 6.07) is 19.5. The summed E-state index contributed by atoms with van der Waals surface area (Å²) in [6.45, 7) is 4.14. The molecule has 0 saturated carbocycles. The van der Waals surface area contributed by atoms with Gasteiger partial charge in [-0.15, -0.1) is 0 Å². The van der Waals surface area contributed by atoms with Crippen molar-refractivity contribution >= 4 is 50.9 Å². The fourth-order valence-corrected chi connectivity index (χ4v) is 4.33. The van der Waals surface area contributed by atoms with Crippen molar-refractivity contribution in [3.05, 3.63) is 97.9 Å². The third-order valence-electron chi connectivity index (χ3n) is 5.47. The second-order valence-corrected chi connectivity index (χ2v) is 9.76. The van der Waals surface area contributed by atoms with Gasteiger partial charge in [-0.25, -0.2) is 0 Å². The van der Waals surface area contributed by atoms with Crippen LogP contribution >= 0.6 is 39.1 Å². The predicted molar refractivity (Wildman–Crippen MR) is 144 cm³/mol. The van der Waals surface area contributed by atoms with Gasteiger partial charge in [-0.3, -0.25) is 9.59 Å². The number of aryl methyl sites for hydroxylation is 1. The lowest BCUT2D eigenvalue weighted by Gasteiger charge is -2.31. The zero-order chi connectivity index (χ0) is 25.4. The Kier molecular flexibility index (Phi) is 10.0. The summed E-state index contributed by atoms with van der Waals surface area (Å²) >= 11 is 16.0. The van der Waals surface area contributed by atoms with Gasteiger partial charge >= 0.3 is 0 Å². The number of carbonyl (C=O) groups is 2. The molecule has 5 nitrogen and oxygen atoms in total. The van der Waals surface area contributed by atoms with Crippen LogP contribution in [0.5, 0.6) is 5.75 Å². The summed E-state index contributed by atoms with van der Waals surface area (Å²) in [7, 11) is 0. The van der Waals surface area contributed by atoms with Crippen molar-refractivity contribution in [3.63, 3.8) is 0 Å². The number of ether oxygens (including phenoxy) is 1. The molecule has 1 N–H and O–H groups in total. The number of halogens is 3. The zero-order valence-electron chi connectivity index (χ0n) is 19.6. The van der Waals surface area contributed by atoms with Gasteiger partial charge in [0, 0.05) is 34.0 Å². The average molecular weight is 578 g/mol. The third kappa shape index (κ3) is 7.72. The van der Waals surface area contributed by atoms with Gasteiger partial charge in [0.1, 0.15) is 11.8 Å². The van der Waals surface area contributed by atoms with Crippen LogP contribution in [0.4, 0.5) is 0 Å². The van der Waals surface area contributed by atoms with E-state index in [1.165, 1.54) is 4.90 Å². The van der Waals surface area contributed by atoms with E-state index in [2.05, 4.69) is 21.2 Å². The molecule has 0 spiro atoms. The molecule has 0 bridgehead atoms. The van der Waals surface area contributed by atoms with Gasteiger partial charge < -0.3 is 15.0 Å². The van der Waals surface area contributed by atoms with Crippen LogP contribution in [-0.2, 0) is 22.6 Å². The first kappa shape index (κ1) is 27.1. The minimum Gasteiger partial charge on any atom is -0.484 e. The second-order valence-electron chi connectivity index (χ2n) is 8.06. The van der Waals surface area contributed by atoms with Crippen LogP contribution in [0.2, 0.25) is 10.0 Å². The Balaban J connectivity index is 1.92. The first-order chi connectivity index (χ1) is 16.8. The Bertz CT molecular complexity index is 1170. The minimum atomic E-state index is -0.758. The van der Waals surface area contributed by atoms with Gasteiger partial charge in [-0.2, -0.15) is 0 Å². The number of benzene rings is 3. The van der Waals surface area contributed by atoms with Crippen molar-refractivity contribution in [3.8, 4) is 5.75 Å². The Morgan fingerprint density at radius 3 is 2.46 bits per heavy atom. The number of rotatable bonds is 10. The summed E-state index contributed by atoms with van der Waals surface area (Å²) in [5.41, 5.74) is 2.61. The molecule has 0 fully saturated rings. The summed E-state index contributed by atoms with van der Waals surface area (Å²) in [5.74, 6) is -0.000748. The standard InChI is InChI=1S/C27H27BrCl2N2O3/c1-3-31-27(34)25(14-19-7-5-4-6-8-19)32(16-20-9-10-21(29)15-24(20)30)26(33)17-35-22-11-12-23(28)18(2)13-22/h4-13,15,25H,3,14,16-17H2,1-2H3,(H,31,34)/t25-/m1/s1. The van der Waals surface area contributed by atoms with Gasteiger partial charge in [0.2, 0.25) is 5.91 Å². The van der Waals surface area contributed by atoms with E-state index in [1.807, 2.05) is 56.3 Å². The van der Waals surface area contributed by atoms with Crippen LogP contribution in [0.3, 0.4) is 0 Å².